The van der Waals surface area contributed by atoms with E-state index in [0.29, 0.717) is 6.42 Å². The van der Waals surface area contributed by atoms with E-state index in [9.17, 15) is 19.5 Å². The summed E-state index contributed by atoms with van der Waals surface area (Å²) in [4.78, 5) is 33.0. The Hall–Kier alpha value is -1.63. The third kappa shape index (κ3) is 10.7. The summed E-state index contributed by atoms with van der Waals surface area (Å²) in [7, 11) is 0. The molecule has 7 nitrogen and oxygen atoms in total. The molecule has 0 heterocycles. The number of carboxylic acid groups (broad SMARTS) is 2. The lowest BCUT2D eigenvalue weighted by molar-refractivity contribution is -0.163. The summed E-state index contributed by atoms with van der Waals surface area (Å²) in [6.07, 6.45) is 5.99. The Labute approximate surface area is 136 Å². The molecule has 0 aromatic rings. The van der Waals surface area contributed by atoms with Gasteiger partial charge in [-0.05, 0) is 6.42 Å². The summed E-state index contributed by atoms with van der Waals surface area (Å²) < 4.78 is 4.89. The van der Waals surface area contributed by atoms with Gasteiger partial charge in [-0.15, -0.1) is 0 Å². The van der Waals surface area contributed by atoms with Crippen molar-refractivity contribution in [1.82, 2.24) is 0 Å². The van der Waals surface area contributed by atoms with Crippen LogP contribution in [0.15, 0.2) is 0 Å². The fraction of sp³-hybridized carbons (Fsp3) is 0.812. The van der Waals surface area contributed by atoms with Gasteiger partial charge >= 0.3 is 17.9 Å². The van der Waals surface area contributed by atoms with Crippen molar-refractivity contribution in [1.29, 1.82) is 0 Å². The minimum atomic E-state index is -2.12. The van der Waals surface area contributed by atoms with E-state index in [1.54, 1.807) is 0 Å². The molecular formula is C16H28O7. The van der Waals surface area contributed by atoms with E-state index in [4.69, 9.17) is 14.9 Å². The predicted octanol–water partition coefficient (Wildman–Crippen LogP) is 2.21. The summed E-state index contributed by atoms with van der Waals surface area (Å²) in [5.41, 5.74) is 0. The number of hydrogen-bond acceptors (Lipinski definition) is 5. The van der Waals surface area contributed by atoms with Gasteiger partial charge in [0.25, 0.3) is 0 Å². The fourth-order valence-electron chi connectivity index (χ4n) is 2.17. The number of aliphatic hydroxyl groups is 1. The van der Waals surface area contributed by atoms with Crippen LogP contribution in [0.25, 0.3) is 0 Å². The summed E-state index contributed by atoms with van der Waals surface area (Å²) in [5, 5.41) is 26.7. The number of aliphatic hydroxyl groups excluding tert-OH is 1. The maximum Gasteiger partial charge on any atom is 0.333 e. The van der Waals surface area contributed by atoms with E-state index in [-0.39, 0.29) is 6.61 Å². The Bertz CT molecular complexity index is 367. The van der Waals surface area contributed by atoms with Crippen molar-refractivity contribution in [2.45, 2.75) is 70.8 Å². The van der Waals surface area contributed by atoms with Crippen LogP contribution >= 0.6 is 0 Å². The molecule has 0 aromatic carbocycles. The predicted molar refractivity (Wildman–Crippen MR) is 83.0 cm³/mol. The van der Waals surface area contributed by atoms with E-state index >= 15 is 0 Å². The van der Waals surface area contributed by atoms with Crippen molar-refractivity contribution in [3.8, 4) is 0 Å². The molecule has 0 radical (unpaired) electrons. The summed E-state index contributed by atoms with van der Waals surface area (Å²) >= 11 is 0. The van der Waals surface area contributed by atoms with Crippen LogP contribution in [0.1, 0.15) is 64.7 Å². The highest BCUT2D eigenvalue weighted by molar-refractivity contribution is 5.85. The SMILES string of the molecule is CCCCCCCCCCOC(=O)CC(C(=O)O)C(O)C(=O)O. The van der Waals surface area contributed by atoms with Crippen molar-refractivity contribution in [2.75, 3.05) is 6.61 Å². The van der Waals surface area contributed by atoms with Gasteiger partial charge in [0, 0.05) is 0 Å². The molecule has 0 aliphatic carbocycles. The van der Waals surface area contributed by atoms with Gasteiger partial charge in [-0.3, -0.25) is 9.59 Å². The number of carbonyl (C=O) groups is 3. The highest BCUT2D eigenvalue weighted by atomic mass is 16.5. The largest absolute Gasteiger partial charge is 0.481 e. The van der Waals surface area contributed by atoms with Gasteiger partial charge in [-0.25, -0.2) is 4.79 Å². The monoisotopic (exact) mass is 332 g/mol. The molecule has 0 saturated heterocycles. The van der Waals surface area contributed by atoms with Crippen LogP contribution in [-0.2, 0) is 19.1 Å². The van der Waals surface area contributed by atoms with Gasteiger partial charge in [0.2, 0.25) is 0 Å². The summed E-state index contributed by atoms with van der Waals surface area (Å²) in [5.74, 6) is -5.71. The minimum absolute atomic E-state index is 0.184. The molecule has 0 aliphatic heterocycles. The van der Waals surface area contributed by atoms with Crippen LogP contribution in [0.4, 0.5) is 0 Å². The number of aliphatic carboxylic acids is 2. The first kappa shape index (κ1) is 21.4. The Morgan fingerprint density at radius 2 is 1.39 bits per heavy atom. The van der Waals surface area contributed by atoms with Crippen LogP contribution in [0.2, 0.25) is 0 Å². The maximum atomic E-state index is 11.5. The Kier molecular flexibility index (Phi) is 12.0. The molecule has 134 valence electrons. The van der Waals surface area contributed by atoms with Crippen molar-refractivity contribution in [3.63, 3.8) is 0 Å². The molecule has 0 fully saturated rings. The number of rotatable bonds is 14. The molecule has 23 heavy (non-hydrogen) atoms. The third-order valence-corrected chi connectivity index (χ3v) is 3.60. The van der Waals surface area contributed by atoms with Gasteiger partial charge in [-0.2, -0.15) is 0 Å². The molecule has 0 spiro atoms. The molecule has 0 rings (SSSR count). The lowest BCUT2D eigenvalue weighted by atomic mass is 9.99. The Morgan fingerprint density at radius 3 is 1.87 bits per heavy atom. The number of esters is 1. The van der Waals surface area contributed by atoms with Crippen LogP contribution in [0.3, 0.4) is 0 Å². The van der Waals surface area contributed by atoms with Crippen LogP contribution in [0, 0.1) is 5.92 Å². The molecule has 0 amide bonds. The zero-order valence-corrected chi connectivity index (χ0v) is 13.7. The van der Waals surface area contributed by atoms with Crippen molar-refractivity contribution in [3.05, 3.63) is 0 Å². The number of ether oxygens (including phenoxy) is 1. The lowest BCUT2D eigenvalue weighted by Crippen LogP contribution is -2.36. The average Bonchev–Trinajstić information content (AvgIpc) is 2.49. The van der Waals surface area contributed by atoms with E-state index < -0.39 is 36.4 Å². The first-order valence-corrected chi connectivity index (χ1v) is 8.19. The number of unbranched alkanes of at least 4 members (excludes halogenated alkanes) is 7. The van der Waals surface area contributed by atoms with E-state index in [2.05, 4.69) is 6.92 Å². The highest BCUT2D eigenvalue weighted by Gasteiger charge is 2.34. The highest BCUT2D eigenvalue weighted by Crippen LogP contribution is 2.12. The van der Waals surface area contributed by atoms with Gasteiger partial charge in [0.1, 0.15) is 5.92 Å². The zero-order chi connectivity index (χ0) is 17.7. The van der Waals surface area contributed by atoms with Gasteiger partial charge < -0.3 is 20.1 Å². The topological polar surface area (TPSA) is 121 Å². The first-order chi connectivity index (χ1) is 10.9. The second-order valence-electron chi connectivity index (χ2n) is 5.63. The van der Waals surface area contributed by atoms with Gasteiger partial charge in [0.15, 0.2) is 6.10 Å². The molecule has 2 unspecified atom stereocenters. The van der Waals surface area contributed by atoms with E-state index in [1.807, 2.05) is 0 Å². The maximum absolute atomic E-state index is 11.5. The van der Waals surface area contributed by atoms with Crippen molar-refractivity contribution >= 4 is 17.9 Å². The molecule has 3 N–H and O–H groups in total. The average molecular weight is 332 g/mol. The minimum Gasteiger partial charge on any atom is -0.481 e. The van der Waals surface area contributed by atoms with Crippen LogP contribution in [-0.4, -0.2) is 45.9 Å². The third-order valence-electron chi connectivity index (χ3n) is 3.60. The van der Waals surface area contributed by atoms with E-state index in [0.717, 1.165) is 19.3 Å². The molecule has 0 saturated carbocycles. The molecule has 0 aromatic heterocycles. The standard InChI is InChI=1S/C16H28O7/c1-2-3-4-5-6-7-8-9-10-23-13(17)11-12(15(19)20)14(18)16(21)22/h12,14,18H,2-11H2,1H3,(H,19,20)(H,21,22). The Balaban J connectivity index is 3.80. The van der Waals surface area contributed by atoms with E-state index in [1.165, 1.54) is 25.7 Å². The number of carbonyl (C=O) groups excluding carboxylic acids is 1. The number of hydrogen-bond donors (Lipinski definition) is 3. The Morgan fingerprint density at radius 1 is 0.870 bits per heavy atom. The molecule has 0 aliphatic rings. The lowest BCUT2D eigenvalue weighted by Gasteiger charge is -2.14. The van der Waals surface area contributed by atoms with Crippen LogP contribution < -0.4 is 0 Å². The molecule has 7 heteroatoms. The van der Waals surface area contributed by atoms with Crippen molar-refractivity contribution < 1.29 is 34.4 Å². The molecular weight excluding hydrogens is 304 g/mol. The van der Waals surface area contributed by atoms with Crippen LogP contribution in [0.5, 0.6) is 0 Å². The van der Waals surface area contributed by atoms with Crippen molar-refractivity contribution in [2.24, 2.45) is 5.92 Å². The second-order valence-corrected chi connectivity index (χ2v) is 5.63. The molecule has 2 atom stereocenters. The molecule has 0 bridgehead atoms. The summed E-state index contributed by atoms with van der Waals surface area (Å²) in [6, 6.07) is 0. The first-order valence-electron chi connectivity index (χ1n) is 8.19. The van der Waals surface area contributed by atoms with Gasteiger partial charge in [-0.1, -0.05) is 51.9 Å². The normalized spacial score (nSPS) is 13.3. The van der Waals surface area contributed by atoms with Gasteiger partial charge in [0.05, 0.1) is 13.0 Å². The zero-order valence-electron chi connectivity index (χ0n) is 13.7. The smallest absolute Gasteiger partial charge is 0.333 e. The quantitative estimate of drug-likeness (QED) is 0.329. The second kappa shape index (κ2) is 12.9. The fourth-order valence-corrected chi connectivity index (χ4v) is 2.17. The number of carboxylic acids is 2. The summed E-state index contributed by atoms with van der Waals surface area (Å²) in [6.45, 7) is 2.35.